The van der Waals surface area contributed by atoms with Crippen LogP contribution in [0.5, 0.6) is 5.75 Å². The molecule has 18 heavy (non-hydrogen) atoms. The molecule has 0 aromatic heterocycles. The van der Waals surface area contributed by atoms with Gasteiger partial charge < -0.3 is 9.84 Å². The number of fused-ring (bicyclic) bond motifs is 1. The van der Waals surface area contributed by atoms with E-state index in [0.29, 0.717) is 11.1 Å². The van der Waals surface area contributed by atoms with E-state index in [1.807, 2.05) is 12.1 Å². The first-order valence-electron chi connectivity index (χ1n) is 5.27. The summed E-state index contributed by atoms with van der Waals surface area (Å²) in [6.45, 7) is -0.580. The van der Waals surface area contributed by atoms with E-state index in [2.05, 4.69) is 5.43 Å². The van der Waals surface area contributed by atoms with Crippen molar-refractivity contribution in [2.24, 2.45) is 0 Å². The lowest BCUT2D eigenvalue weighted by molar-refractivity contribution is 0.109. The van der Waals surface area contributed by atoms with Gasteiger partial charge in [0.15, 0.2) is 6.79 Å². The third-order valence-electron chi connectivity index (χ3n) is 2.50. The summed E-state index contributed by atoms with van der Waals surface area (Å²) in [6, 6.07) is 5.43. The van der Waals surface area contributed by atoms with Crippen molar-refractivity contribution in [3.05, 3.63) is 30.0 Å². The number of anilines is 1. The fraction of sp³-hybridized carbons (Fsp3) is 0.273. The molecule has 1 atom stereocenters. The van der Waals surface area contributed by atoms with E-state index >= 15 is 0 Å². The van der Waals surface area contributed by atoms with Crippen LogP contribution in [0.4, 0.5) is 5.69 Å². The summed E-state index contributed by atoms with van der Waals surface area (Å²) < 4.78 is 21.9. The molecule has 1 unspecified atom stereocenters. The summed E-state index contributed by atoms with van der Waals surface area (Å²) in [7, 11) is 1.24. The predicted molar refractivity (Wildman–Crippen MR) is 68.1 cm³/mol. The molecular weight excluding hydrogens is 255 g/mol. The van der Waals surface area contributed by atoms with Crippen LogP contribution in [0.2, 0.25) is 0 Å². The predicted octanol–water partition coefficient (Wildman–Crippen LogP) is 1.97. The first-order chi connectivity index (χ1) is 8.67. The first kappa shape index (κ1) is 12.8. The molecule has 2 rings (SSSR count). The molecule has 96 valence electrons. The number of benzene rings is 1. The molecule has 0 saturated heterocycles. The number of nitrogens with zero attached hydrogens (tertiary/aromatic N) is 1. The van der Waals surface area contributed by atoms with Gasteiger partial charge >= 0.3 is 8.03 Å². The Kier molecular flexibility index (Phi) is 3.81. The minimum Gasteiger partial charge on any atom is -0.494 e. The van der Waals surface area contributed by atoms with Gasteiger partial charge in [0.2, 0.25) is 0 Å². The van der Waals surface area contributed by atoms with Crippen LogP contribution < -0.4 is 10.2 Å². The van der Waals surface area contributed by atoms with Crippen molar-refractivity contribution in [3.8, 4) is 5.75 Å². The molecule has 7 heteroatoms. The Balaban J connectivity index is 2.47. The Labute approximate surface area is 106 Å². The molecule has 1 aromatic rings. The average Bonchev–Trinajstić information content (AvgIpc) is 2.37. The van der Waals surface area contributed by atoms with Gasteiger partial charge in [-0.15, -0.1) is 4.52 Å². The number of ether oxygens (including phenoxy) is 1. The minimum absolute atomic E-state index is 0.509. The lowest BCUT2D eigenvalue weighted by atomic mass is 10.1. The van der Waals surface area contributed by atoms with Crippen molar-refractivity contribution in [2.75, 3.05) is 26.4 Å². The SMILES string of the molecule is COc1cccc2c1NN(C)C=C2[P+](=O)OCO. The maximum Gasteiger partial charge on any atom is 0.553 e. The van der Waals surface area contributed by atoms with E-state index in [1.54, 1.807) is 31.4 Å². The molecule has 6 nitrogen and oxygen atoms in total. The molecule has 0 bridgehead atoms. The molecule has 1 aliphatic rings. The van der Waals surface area contributed by atoms with Crippen LogP contribution in [0.1, 0.15) is 5.56 Å². The summed E-state index contributed by atoms with van der Waals surface area (Å²) in [6.07, 6.45) is 1.66. The van der Waals surface area contributed by atoms with Gasteiger partial charge in [0.05, 0.1) is 18.9 Å². The number of hydrogen-bond acceptors (Lipinski definition) is 6. The van der Waals surface area contributed by atoms with E-state index in [0.717, 1.165) is 11.3 Å². The zero-order valence-corrected chi connectivity index (χ0v) is 11.0. The second-order valence-corrected chi connectivity index (χ2v) is 4.89. The molecule has 0 saturated carbocycles. The monoisotopic (exact) mass is 269 g/mol. The summed E-state index contributed by atoms with van der Waals surface area (Å²) in [5.41, 5.74) is 4.56. The molecule has 0 amide bonds. The fourth-order valence-corrected chi connectivity index (χ4v) is 2.65. The van der Waals surface area contributed by atoms with Crippen molar-refractivity contribution < 1.29 is 18.9 Å². The van der Waals surface area contributed by atoms with E-state index < -0.39 is 14.8 Å². The largest absolute Gasteiger partial charge is 0.553 e. The highest BCUT2D eigenvalue weighted by molar-refractivity contribution is 7.51. The van der Waals surface area contributed by atoms with Crippen molar-refractivity contribution in [3.63, 3.8) is 0 Å². The number of methoxy groups -OCH3 is 1. The van der Waals surface area contributed by atoms with Crippen molar-refractivity contribution in [1.82, 2.24) is 5.01 Å². The van der Waals surface area contributed by atoms with Gasteiger partial charge in [-0.3, -0.25) is 10.4 Å². The van der Waals surface area contributed by atoms with E-state index in [-0.39, 0.29) is 0 Å². The summed E-state index contributed by atoms with van der Waals surface area (Å²) in [5, 5.41) is 10.9. The summed E-state index contributed by atoms with van der Waals surface area (Å²) in [5.74, 6) is 0.650. The van der Waals surface area contributed by atoms with Gasteiger partial charge in [0.1, 0.15) is 11.4 Å². The Hall–Kier alpha value is -1.62. The number of nitrogens with one attached hydrogen (secondary N) is 1. The van der Waals surface area contributed by atoms with E-state index in [4.69, 9.17) is 14.4 Å². The molecule has 1 aromatic carbocycles. The van der Waals surface area contributed by atoms with E-state index in [9.17, 15) is 4.57 Å². The molecule has 0 fully saturated rings. The third-order valence-corrected chi connectivity index (χ3v) is 3.60. The summed E-state index contributed by atoms with van der Waals surface area (Å²) >= 11 is 0. The van der Waals surface area contributed by atoms with Crippen LogP contribution in [0, 0.1) is 0 Å². The van der Waals surface area contributed by atoms with Gasteiger partial charge in [-0.2, -0.15) is 0 Å². The lowest BCUT2D eigenvalue weighted by Crippen LogP contribution is -2.23. The van der Waals surface area contributed by atoms with Crippen LogP contribution in [0.15, 0.2) is 24.4 Å². The Morgan fingerprint density at radius 2 is 2.28 bits per heavy atom. The number of aliphatic hydroxyl groups excluding tert-OH is 1. The van der Waals surface area contributed by atoms with Crippen LogP contribution in [-0.4, -0.2) is 31.1 Å². The molecule has 2 N–H and O–H groups in total. The van der Waals surface area contributed by atoms with Gasteiger partial charge in [-0.05, 0) is 16.7 Å². The maximum absolute atomic E-state index is 11.9. The standard InChI is InChI=1S/C11H14N2O4P/c1-13-6-10(18(15)17-7-14)8-4-3-5-9(16-2)11(8)12-13/h3-6,12,14H,7H2,1-2H3/q+1. The lowest BCUT2D eigenvalue weighted by Gasteiger charge is -2.24. The van der Waals surface area contributed by atoms with Crippen molar-refractivity contribution in [1.29, 1.82) is 0 Å². The number of hydrogen-bond donors (Lipinski definition) is 2. The first-order valence-corrected chi connectivity index (χ1v) is 6.45. The highest BCUT2D eigenvalue weighted by atomic mass is 31.1. The van der Waals surface area contributed by atoms with Crippen LogP contribution in [0.25, 0.3) is 5.31 Å². The molecule has 1 heterocycles. The molecule has 0 spiro atoms. The fourth-order valence-electron chi connectivity index (χ4n) is 1.76. The Morgan fingerprint density at radius 3 is 2.94 bits per heavy atom. The quantitative estimate of drug-likeness (QED) is 0.643. The highest BCUT2D eigenvalue weighted by Gasteiger charge is 2.34. The van der Waals surface area contributed by atoms with Crippen LogP contribution >= 0.6 is 8.03 Å². The minimum atomic E-state index is -2.11. The van der Waals surface area contributed by atoms with Crippen LogP contribution in [-0.2, 0) is 9.09 Å². The second-order valence-electron chi connectivity index (χ2n) is 3.64. The van der Waals surface area contributed by atoms with E-state index in [1.165, 1.54) is 0 Å². The second kappa shape index (κ2) is 5.35. The highest BCUT2D eigenvalue weighted by Crippen LogP contribution is 2.47. The van der Waals surface area contributed by atoms with Crippen molar-refractivity contribution in [2.45, 2.75) is 0 Å². The van der Waals surface area contributed by atoms with Gasteiger partial charge in [-0.25, -0.2) is 0 Å². The van der Waals surface area contributed by atoms with Gasteiger partial charge in [0, 0.05) is 7.05 Å². The Morgan fingerprint density at radius 1 is 1.50 bits per heavy atom. The molecule has 0 aliphatic carbocycles. The van der Waals surface area contributed by atoms with Gasteiger partial charge in [0.25, 0.3) is 5.31 Å². The van der Waals surface area contributed by atoms with Gasteiger partial charge in [-0.1, -0.05) is 6.07 Å². The molecule has 0 radical (unpaired) electrons. The zero-order chi connectivity index (χ0) is 13.1. The molecule has 1 aliphatic heterocycles. The zero-order valence-electron chi connectivity index (χ0n) is 10.1. The topological polar surface area (TPSA) is 71.0 Å². The third kappa shape index (κ3) is 2.31. The van der Waals surface area contributed by atoms with Crippen LogP contribution in [0.3, 0.4) is 0 Å². The maximum atomic E-state index is 11.9. The number of aliphatic hydroxyl groups is 1. The smallest absolute Gasteiger partial charge is 0.494 e. The normalized spacial score (nSPS) is 14.5. The average molecular weight is 269 g/mol. The number of hydrazine groups is 1. The number of rotatable bonds is 4. The molecular formula is C11H14N2O4P+. The van der Waals surface area contributed by atoms with Crippen molar-refractivity contribution >= 4 is 19.0 Å². The Bertz CT molecular complexity index is 504. The summed E-state index contributed by atoms with van der Waals surface area (Å²) in [4.78, 5) is 0. The number of para-hydroxylation sites is 1.